The Labute approximate surface area is 175 Å². The third-order valence-electron chi connectivity index (χ3n) is 3.15. The third kappa shape index (κ3) is 9.98. The molecule has 2 N–H and O–H groups in total. The smallest absolute Gasteiger partial charge is 0.409 e. The van der Waals surface area contributed by atoms with Gasteiger partial charge in [-0.15, -0.1) is 0 Å². The number of carboxylic acid groups (broad SMARTS) is 1. The summed E-state index contributed by atoms with van der Waals surface area (Å²) in [5, 5.41) is 21.8. The molecule has 0 fully saturated rings. The van der Waals surface area contributed by atoms with Crippen LogP contribution >= 0.6 is 22.6 Å². The molecule has 1 rings (SSSR count). The molecular weight excluding hydrogens is 491 g/mol. The van der Waals surface area contributed by atoms with Crippen molar-refractivity contribution in [3.63, 3.8) is 0 Å². The Kier molecular flexibility index (Phi) is 12.4. The number of benzene rings is 1. The molecule has 0 saturated heterocycles. The van der Waals surface area contributed by atoms with Crippen LogP contribution in [0.4, 0.5) is 16.2 Å². The first-order valence-corrected chi connectivity index (χ1v) is 9.36. The third-order valence-corrected chi connectivity index (χ3v) is 3.99. The first-order valence-electron chi connectivity index (χ1n) is 8.28. The van der Waals surface area contributed by atoms with Crippen molar-refractivity contribution in [1.82, 2.24) is 0 Å². The van der Waals surface area contributed by atoms with Gasteiger partial charge in [-0.3, -0.25) is 15.4 Å². The number of methoxy groups -OCH3 is 1. The van der Waals surface area contributed by atoms with Crippen LogP contribution in [-0.2, 0) is 18.9 Å². The van der Waals surface area contributed by atoms with Gasteiger partial charge in [-0.2, -0.15) is 0 Å². The highest BCUT2D eigenvalue weighted by Gasteiger charge is 2.19. The van der Waals surface area contributed by atoms with E-state index in [1.165, 1.54) is 12.1 Å². The summed E-state index contributed by atoms with van der Waals surface area (Å²) in [6.45, 7) is 3.29. The van der Waals surface area contributed by atoms with Crippen LogP contribution in [0.3, 0.4) is 0 Å². The van der Waals surface area contributed by atoms with Gasteiger partial charge < -0.3 is 28.8 Å². The predicted octanol–water partition coefficient (Wildman–Crippen LogP) is 2.36. The first-order chi connectivity index (χ1) is 13.5. The number of rotatable bonds is 15. The molecule has 12 heteroatoms. The largest absolute Gasteiger partial charge is 0.490 e. The summed E-state index contributed by atoms with van der Waals surface area (Å²) in [6, 6.07) is 2.52. The highest BCUT2D eigenvalue weighted by atomic mass is 127. The summed E-state index contributed by atoms with van der Waals surface area (Å²) in [5.74, 6) is 0.322. The van der Waals surface area contributed by atoms with E-state index in [2.05, 4.69) is 0 Å². The van der Waals surface area contributed by atoms with Crippen LogP contribution in [-0.4, -0.2) is 76.1 Å². The molecule has 0 aromatic heterocycles. The van der Waals surface area contributed by atoms with E-state index in [1.54, 1.807) is 7.11 Å². The fourth-order valence-electron chi connectivity index (χ4n) is 1.91. The summed E-state index contributed by atoms with van der Waals surface area (Å²) >= 11 is 1.88. The fraction of sp³-hybridized carbons (Fsp3) is 0.562. The fourth-order valence-corrected chi connectivity index (χ4v) is 2.52. The number of hydrogen-bond acceptors (Lipinski definition) is 8. The number of nitro groups is 1. The van der Waals surface area contributed by atoms with Crippen LogP contribution in [0, 0.1) is 13.7 Å². The lowest BCUT2D eigenvalue weighted by molar-refractivity contribution is -0.384. The maximum Gasteiger partial charge on any atom is 0.409 e. The Bertz CT molecular complexity index is 630. The number of nitro benzene ring substituents is 1. The standard InChI is InChI=1S/C16H23IN2O9/c1-24-2-3-25-4-5-26-6-7-27-8-9-28-15-11-13(18-16(20)21)14(19(22)23)10-12(15)17/h10-11,18H,2-9H2,1H3,(H,20,21). The van der Waals surface area contributed by atoms with E-state index < -0.39 is 11.0 Å². The van der Waals surface area contributed by atoms with E-state index >= 15 is 0 Å². The molecule has 0 unspecified atom stereocenters. The van der Waals surface area contributed by atoms with E-state index in [1.807, 2.05) is 27.9 Å². The number of nitrogens with zero attached hydrogens (tertiary/aromatic N) is 1. The lowest BCUT2D eigenvalue weighted by Crippen LogP contribution is -2.14. The molecule has 1 aromatic rings. The molecule has 0 aliphatic heterocycles. The summed E-state index contributed by atoms with van der Waals surface area (Å²) in [7, 11) is 1.61. The van der Waals surface area contributed by atoms with Gasteiger partial charge in [0, 0.05) is 19.2 Å². The van der Waals surface area contributed by atoms with Crippen LogP contribution < -0.4 is 10.1 Å². The molecule has 11 nitrogen and oxygen atoms in total. The highest BCUT2D eigenvalue weighted by molar-refractivity contribution is 14.1. The molecule has 0 spiro atoms. The van der Waals surface area contributed by atoms with Crippen molar-refractivity contribution >= 4 is 40.1 Å². The normalized spacial score (nSPS) is 10.6. The van der Waals surface area contributed by atoms with Crippen LogP contribution in [0.1, 0.15) is 0 Å². The second-order valence-electron chi connectivity index (χ2n) is 5.17. The molecule has 1 amide bonds. The topological polar surface area (TPSA) is 139 Å². The van der Waals surface area contributed by atoms with Crippen molar-refractivity contribution in [2.45, 2.75) is 0 Å². The molecule has 0 aliphatic carbocycles. The van der Waals surface area contributed by atoms with Crippen molar-refractivity contribution < 1.29 is 38.5 Å². The average molecular weight is 514 g/mol. The number of anilines is 1. The monoisotopic (exact) mass is 514 g/mol. The van der Waals surface area contributed by atoms with E-state index in [0.717, 1.165) is 0 Å². The van der Waals surface area contributed by atoms with Gasteiger partial charge in [-0.25, -0.2) is 4.79 Å². The second-order valence-corrected chi connectivity index (χ2v) is 6.33. The van der Waals surface area contributed by atoms with Crippen molar-refractivity contribution in [2.24, 2.45) is 0 Å². The minimum Gasteiger partial charge on any atom is -0.490 e. The Morgan fingerprint density at radius 2 is 1.61 bits per heavy atom. The molecule has 28 heavy (non-hydrogen) atoms. The van der Waals surface area contributed by atoms with E-state index in [0.29, 0.717) is 49.0 Å². The van der Waals surface area contributed by atoms with E-state index in [4.69, 9.17) is 28.8 Å². The quantitative estimate of drug-likeness (QED) is 0.156. The summed E-state index contributed by atoms with van der Waals surface area (Å²) in [5.41, 5.74) is -0.506. The maximum atomic E-state index is 11.0. The SMILES string of the molecule is COCCOCCOCCOCCOc1cc(NC(=O)O)c([N+](=O)[O-])cc1I. The molecule has 0 aliphatic rings. The van der Waals surface area contributed by atoms with Gasteiger partial charge in [-0.1, -0.05) is 0 Å². The molecular formula is C16H23IN2O9. The van der Waals surface area contributed by atoms with Gasteiger partial charge in [0.25, 0.3) is 5.69 Å². The van der Waals surface area contributed by atoms with Crippen LogP contribution in [0.25, 0.3) is 0 Å². The first kappa shape index (κ1) is 24.3. The second kappa shape index (κ2) is 14.3. The van der Waals surface area contributed by atoms with Crippen molar-refractivity contribution in [1.29, 1.82) is 0 Å². The summed E-state index contributed by atoms with van der Waals surface area (Å²) in [4.78, 5) is 21.2. The average Bonchev–Trinajstić information content (AvgIpc) is 2.64. The molecule has 0 bridgehead atoms. The lowest BCUT2D eigenvalue weighted by atomic mass is 10.2. The number of amides is 1. The minimum atomic E-state index is -1.40. The molecule has 0 heterocycles. The highest BCUT2D eigenvalue weighted by Crippen LogP contribution is 2.33. The van der Waals surface area contributed by atoms with Gasteiger partial charge in [0.2, 0.25) is 0 Å². The number of halogens is 1. The summed E-state index contributed by atoms with van der Waals surface area (Å²) < 4.78 is 26.8. The Morgan fingerprint density at radius 3 is 2.11 bits per heavy atom. The van der Waals surface area contributed by atoms with Crippen molar-refractivity contribution in [3.05, 3.63) is 25.8 Å². The summed E-state index contributed by atoms with van der Waals surface area (Å²) in [6.07, 6.45) is -1.40. The van der Waals surface area contributed by atoms with E-state index in [-0.39, 0.29) is 24.6 Å². The predicted molar refractivity (Wildman–Crippen MR) is 107 cm³/mol. The van der Waals surface area contributed by atoms with Crippen molar-refractivity contribution in [2.75, 3.05) is 65.3 Å². The number of ether oxygens (including phenoxy) is 5. The van der Waals surface area contributed by atoms with Gasteiger partial charge in [0.05, 0.1) is 54.7 Å². The van der Waals surface area contributed by atoms with Gasteiger partial charge in [-0.05, 0) is 22.6 Å². The maximum absolute atomic E-state index is 11.0. The van der Waals surface area contributed by atoms with Crippen LogP contribution in [0.2, 0.25) is 0 Å². The van der Waals surface area contributed by atoms with Crippen molar-refractivity contribution in [3.8, 4) is 5.75 Å². The molecule has 0 radical (unpaired) electrons. The molecule has 1 aromatic carbocycles. The van der Waals surface area contributed by atoms with Gasteiger partial charge in [0.15, 0.2) is 0 Å². The minimum absolute atomic E-state index is 0.157. The zero-order valence-electron chi connectivity index (χ0n) is 15.3. The van der Waals surface area contributed by atoms with Gasteiger partial charge >= 0.3 is 6.09 Å². The zero-order chi connectivity index (χ0) is 20.8. The number of carbonyl (C=O) groups is 1. The lowest BCUT2D eigenvalue weighted by Gasteiger charge is -2.11. The number of nitrogens with one attached hydrogen (secondary N) is 1. The zero-order valence-corrected chi connectivity index (χ0v) is 17.5. The van der Waals surface area contributed by atoms with Crippen LogP contribution in [0.15, 0.2) is 12.1 Å². The van der Waals surface area contributed by atoms with E-state index in [9.17, 15) is 14.9 Å². The number of hydrogen-bond donors (Lipinski definition) is 2. The molecule has 0 atom stereocenters. The Morgan fingerprint density at radius 1 is 1.07 bits per heavy atom. The van der Waals surface area contributed by atoms with Gasteiger partial charge in [0.1, 0.15) is 18.0 Å². The Balaban J connectivity index is 2.28. The van der Waals surface area contributed by atoms with Crippen LogP contribution in [0.5, 0.6) is 5.75 Å². The molecule has 158 valence electrons. The Hall–Kier alpha value is -1.74. The molecule has 0 saturated carbocycles.